The fraction of sp³-hybridized carbons (Fsp3) is 0.600. The summed E-state index contributed by atoms with van der Waals surface area (Å²) in [5, 5.41) is 3.53. The van der Waals surface area contributed by atoms with Gasteiger partial charge in [-0.05, 0) is 36.7 Å². The molecule has 0 aromatic heterocycles. The third kappa shape index (κ3) is 3.83. The highest BCUT2D eigenvalue weighted by atomic mass is 14.9. The normalized spacial score (nSPS) is 18.9. The van der Waals surface area contributed by atoms with Crippen LogP contribution < -0.4 is 11.1 Å². The summed E-state index contributed by atoms with van der Waals surface area (Å²) in [6, 6.07) is 10.7. The summed E-state index contributed by atoms with van der Waals surface area (Å²) in [7, 11) is 0. The van der Waals surface area contributed by atoms with Crippen molar-refractivity contribution in [3.8, 4) is 0 Å². The first-order valence-electron chi connectivity index (χ1n) is 6.74. The number of nitrogens with two attached hydrogens (primary N) is 1. The Bertz CT molecular complexity index is 330. The third-order valence-electron chi connectivity index (χ3n) is 3.95. The molecule has 0 radical (unpaired) electrons. The van der Waals surface area contributed by atoms with Gasteiger partial charge >= 0.3 is 0 Å². The maximum Gasteiger partial charge on any atom is 0.0206 e. The van der Waals surface area contributed by atoms with E-state index in [9.17, 15) is 0 Å². The van der Waals surface area contributed by atoms with Crippen LogP contribution in [0.25, 0.3) is 0 Å². The van der Waals surface area contributed by atoms with Gasteiger partial charge in [0.05, 0.1) is 0 Å². The van der Waals surface area contributed by atoms with E-state index in [0.29, 0.717) is 5.41 Å². The molecule has 1 fully saturated rings. The third-order valence-corrected chi connectivity index (χ3v) is 3.95. The van der Waals surface area contributed by atoms with Crippen molar-refractivity contribution in [2.75, 3.05) is 13.1 Å². The van der Waals surface area contributed by atoms with Gasteiger partial charge in [-0.3, -0.25) is 0 Å². The Morgan fingerprint density at radius 3 is 2.59 bits per heavy atom. The van der Waals surface area contributed by atoms with Gasteiger partial charge in [-0.2, -0.15) is 0 Å². The summed E-state index contributed by atoms with van der Waals surface area (Å²) in [5.74, 6) is 0. The lowest BCUT2D eigenvalue weighted by molar-refractivity contribution is 0.430. The van der Waals surface area contributed by atoms with Crippen molar-refractivity contribution in [2.24, 2.45) is 11.1 Å². The largest absolute Gasteiger partial charge is 0.326 e. The van der Waals surface area contributed by atoms with Crippen LogP contribution >= 0.6 is 0 Å². The highest BCUT2D eigenvalue weighted by molar-refractivity contribution is 5.15. The van der Waals surface area contributed by atoms with Crippen LogP contribution in [0.1, 0.15) is 31.7 Å². The highest BCUT2D eigenvalue weighted by Gasteiger charge is 2.39. The summed E-state index contributed by atoms with van der Waals surface area (Å²) in [5.41, 5.74) is 8.08. The lowest BCUT2D eigenvalue weighted by Gasteiger charge is -2.17. The molecule has 0 aliphatic heterocycles. The summed E-state index contributed by atoms with van der Waals surface area (Å²) < 4.78 is 0. The molecular weight excluding hydrogens is 208 g/mol. The van der Waals surface area contributed by atoms with Crippen molar-refractivity contribution in [3.05, 3.63) is 35.9 Å². The minimum Gasteiger partial charge on any atom is -0.326 e. The van der Waals surface area contributed by atoms with Crippen LogP contribution in [0.15, 0.2) is 30.3 Å². The Morgan fingerprint density at radius 2 is 2.00 bits per heavy atom. The molecule has 0 amide bonds. The van der Waals surface area contributed by atoms with Crippen LogP contribution in [0.4, 0.5) is 0 Å². The van der Waals surface area contributed by atoms with Crippen LogP contribution in [0.2, 0.25) is 0 Å². The van der Waals surface area contributed by atoms with Gasteiger partial charge in [0.15, 0.2) is 0 Å². The molecule has 0 heterocycles. The first-order chi connectivity index (χ1) is 8.24. The first kappa shape index (κ1) is 12.6. The van der Waals surface area contributed by atoms with Crippen molar-refractivity contribution >= 4 is 0 Å². The van der Waals surface area contributed by atoms with E-state index >= 15 is 0 Å². The molecule has 1 unspecified atom stereocenters. The monoisotopic (exact) mass is 232 g/mol. The molecule has 2 nitrogen and oxygen atoms in total. The Balaban J connectivity index is 1.66. The van der Waals surface area contributed by atoms with Gasteiger partial charge in [0.25, 0.3) is 0 Å². The van der Waals surface area contributed by atoms with Crippen molar-refractivity contribution in [1.29, 1.82) is 0 Å². The molecule has 0 bridgehead atoms. The highest BCUT2D eigenvalue weighted by Crippen LogP contribution is 2.47. The van der Waals surface area contributed by atoms with E-state index < -0.39 is 0 Å². The van der Waals surface area contributed by atoms with E-state index in [1.54, 1.807) is 0 Å². The smallest absolute Gasteiger partial charge is 0.0206 e. The minimum atomic E-state index is 0.227. The maximum absolute atomic E-state index is 6.13. The number of rotatable bonds is 7. The van der Waals surface area contributed by atoms with Gasteiger partial charge in [0, 0.05) is 19.1 Å². The molecule has 17 heavy (non-hydrogen) atoms. The maximum atomic E-state index is 6.13. The van der Waals surface area contributed by atoms with Gasteiger partial charge in [-0.1, -0.05) is 37.3 Å². The van der Waals surface area contributed by atoms with Crippen molar-refractivity contribution in [1.82, 2.24) is 5.32 Å². The van der Waals surface area contributed by atoms with Gasteiger partial charge in [-0.15, -0.1) is 0 Å². The fourth-order valence-corrected chi connectivity index (χ4v) is 2.34. The fourth-order valence-electron chi connectivity index (χ4n) is 2.34. The van der Waals surface area contributed by atoms with Gasteiger partial charge < -0.3 is 11.1 Å². The molecule has 1 aromatic carbocycles. The van der Waals surface area contributed by atoms with E-state index in [-0.39, 0.29) is 6.04 Å². The number of benzene rings is 1. The van der Waals surface area contributed by atoms with Crippen LogP contribution in [0, 0.1) is 5.41 Å². The molecule has 1 atom stereocenters. The predicted octanol–water partition coefficient (Wildman–Crippen LogP) is 2.34. The quantitative estimate of drug-likeness (QED) is 0.757. The topological polar surface area (TPSA) is 38.0 Å². The SMILES string of the molecule is CCC1(CNCC(N)Cc2ccccc2)CC1. The zero-order valence-corrected chi connectivity index (χ0v) is 10.8. The second-order valence-corrected chi connectivity index (χ2v) is 5.43. The molecule has 94 valence electrons. The lowest BCUT2D eigenvalue weighted by Crippen LogP contribution is -2.38. The second kappa shape index (κ2) is 5.65. The Kier molecular flexibility index (Phi) is 4.19. The molecule has 1 aliphatic carbocycles. The molecule has 0 saturated heterocycles. The van der Waals surface area contributed by atoms with Crippen molar-refractivity contribution in [3.63, 3.8) is 0 Å². The second-order valence-electron chi connectivity index (χ2n) is 5.43. The molecule has 1 saturated carbocycles. The predicted molar refractivity (Wildman–Crippen MR) is 72.9 cm³/mol. The molecule has 1 aromatic rings. The summed E-state index contributed by atoms with van der Waals surface area (Å²) in [4.78, 5) is 0. The molecular formula is C15H24N2. The molecule has 3 N–H and O–H groups in total. The van der Waals surface area contributed by atoms with Crippen molar-refractivity contribution < 1.29 is 0 Å². The van der Waals surface area contributed by atoms with E-state index in [4.69, 9.17) is 5.73 Å². The number of nitrogens with one attached hydrogen (secondary N) is 1. The Labute approximate surface area is 105 Å². The zero-order chi connectivity index (χ0) is 12.1. The average molecular weight is 232 g/mol. The van der Waals surface area contributed by atoms with E-state index in [0.717, 1.165) is 19.5 Å². The number of hydrogen-bond acceptors (Lipinski definition) is 2. The summed E-state index contributed by atoms with van der Waals surface area (Å²) >= 11 is 0. The standard InChI is InChI=1S/C15H24N2/c1-2-15(8-9-15)12-17-11-14(16)10-13-6-4-3-5-7-13/h3-7,14,17H,2,8-12,16H2,1H3. The minimum absolute atomic E-state index is 0.227. The molecule has 2 heteroatoms. The van der Waals surface area contributed by atoms with Crippen LogP contribution in [0.3, 0.4) is 0 Å². The summed E-state index contributed by atoms with van der Waals surface area (Å²) in [6.07, 6.45) is 5.05. The van der Waals surface area contributed by atoms with Gasteiger partial charge in [0.1, 0.15) is 0 Å². The van der Waals surface area contributed by atoms with Crippen LogP contribution in [-0.2, 0) is 6.42 Å². The van der Waals surface area contributed by atoms with Crippen LogP contribution in [0.5, 0.6) is 0 Å². The molecule has 2 rings (SSSR count). The first-order valence-corrected chi connectivity index (χ1v) is 6.74. The molecule has 1 aliphatic rings. The van der Waals surface area contributed by atoms with Crippen LogP contribution in [-0.4, -0.2) is 19.1 Å². The van der Waals surface area contributed by atoms with Gasteiger partial charge in [0.2, 0.25) is 0 Å². The summed E-state index contributed by atoms with van der Waals surface area (Å²) in [6.45, 7) is 4.36. The van der Waals surface area contributed by atoms with E-state index in [2.05, 4.69) is 36.5 Å². The van der Waals surface area contributed by atoms with Gasteiger partial charge in [-0.25, -0.2) is 0 Å². The van der Waals surface area contributed by atoms with Crippen molar-refractivity contribution in [2.45, 2.75) is 38.6 Å². The number of hydrogen-bond donors (Lipinski definition) is 2. The zero-order valence-electron chi connectivity index (χ0n) is 10.8. The Hall–Kier alpha value is -0.860. The van der Waals surface area contributed by atoms with E-state index in [1.807, 2.05) is 6.07 Å². The lowest BCUT2D eigenvalue weighted by atomic mass is 10.0. The Morgan fingerprint density at radius 1 is 1.29 bits per heavy atom. The van der Waals surface area contributed by atoms with E-state index in [1.165, 1.54) is 24.8 Å². The average Bonchev–Trinajstić information content (AvgIpc) is 3.11. The molecule has 0 spiro atoms.